The van der Waals surface area contributed by atoms with Gasteiger partial charge in [0.25, 0.3) is 5.91 Å². The molecule has 1 heterocycles. The predicted octanol–water partition coefficient (Wildman–Crippen LogP) is 5.14. The number of rotatable bonds is 22. The first kappa shape index (κ1) is 39.0. The molecule has 1 aliphatic heterocycles. The molecule has 1 aromatic carbocycles. The van der Waals surface area contributed by atoms with Crippen molar-refractivity contribution in [1.82, 2.24) is 15.5 Å². The zero-order valence-corrected chi connectivity index (χ0v) is 29.1. The lowest BCUT2D eigenvalue weighted by Gasteiger charge is -2.30. The summed E-state index contributed by atoms with van der Waals surface area (Å²) < 4.78 is 11.3. The third-order valence-corrected chi connectivity index (χ3v) is 9.15. The van der Waals surface area contributed by atoms with Crippen LogP contribution in [-0.2, 0) is 16.1 Å². The van der Waals surface area contributed by atoms with Gasteiger partial charge in [-0.25, -0.2) is 0 Å². The minimum absolute atomic E-state index is 0.0176. The molecule has 4 atom stereocenters. The maximum absolute atomic E-state index is 13.5. The number of hydrogen-bond donors (Lipinski definition) is 4. The van der Waals surface area contributed by atoms with E-state index in [4.69, 9.17) is 15.2 Å². The van der Waals surface area contributed by atoms with E-state index in [9.17, 15) is 14.7 Å². The van der Waals surface area contributed by atoms with Crippen LogP contribution in [0.15, 0.2) is 18.2 Å². The lowest BCUT2D eigenvalue weighted by Crippen LogP contribution is -2.44. The van der Waals surface area contributed by atoms with Crippen LogP contribution in [0.5, 0.6) is 5.75 Å². The Balaban J connectivity index is 2.04. The van der Waals surface area contributed by atoms with Gasteiger partial charge in [0.05, 0.1) is 18.3 Å². The number of nitrogens with zero attached hydrogens (tertiary/aromatic N) is 1. The molecule has 1 aliphatic rings. The number of hydrogen-bond acceptors (Lipinski definition) is 7. The van der Waals surface area contributed by atoms with Gasteiger partial charge in [0, 0.05) is 45.3 Å². The van der Waals surface area contributed by atoms with Crippen LogP contribution in [0, 0.1) is 23.7 Å². The molecule has 2 amide bonds. The molecule has 1 aromatic rings. The first-order chi connectivity index (χ1) is 21.6. The summed E-state index contributed by atoms with van der Waals surface area (Å²) in [6.45, 7) is 15.7. The summed E-state index contributed by atoms with van der Waals surface area (Å²) in [6, 6.07) is 5.45. The molecule has 0 radical (unpaired) electrons. The second-order valence-electron chi connectivity index (χ2n) is 13.6. The number of amides is 2. The van der Waals surface area contributed by atoms with Crippen LogP contribution in [0.1, 0.15) is 108 Å². The van der Waals surface area contributed by atoms with E-state index in [1.165, 1.54) is 19.3 Å². The highest BCUT2D eigenvalue weighted by Gasteiger charge is 2.30. The van der Waals surface area contributed by atoms with Crippen molar-refractivity contribution in [3.63, 3.8) is 0 Å². The predicted molar refractivity (Wildman–Crippen MR) is 182 cm³/mol. The van der Waals surface area contributed by atoms with E-state index in [0.29, 0.717) is 50.5 Å². The average Bonchev–Trinajstić information content (AvgIpc) is 3.01. The van der Waals surface area contributed by atoms with Gasteiger partial charge in [-0.05, 0) is 93.5 Å². The Morgan fingerprint density at radius 1 is 0.978 bits per heavy atom. The van der Waals surface area contributed by atoms with Crippen molar-refractivity contribution in [2.75, 3.05) is 46.5 Å². The Kier molecular flexibility index (Phi) is 18.7. The van der Waals surface area contributed by atoms with Crippen molar-refractivity contribution < 1.29 is 24.2 Å². The first-order valence-electron chi connectivity index (χ1n) is 17.5. The Labute approximate surface area is 273 Å². The summed E-state index contributed by atoms with van der Waals surface area (Å²) >= 11 is 0. The van der Waals surface area contributed by atoms with E-state index in [0.717, 1.165) is 50.9 Å². The molecule has 1 fully saturated rings. The highest BCUT2D eigenvalue weighted by atomic mass is 16.5. The Bertz CT molecular complexity index is 982. The lowest BCUT2D eigenvalue weighted by atomic mass is 9.83. The standard InChI is InChI=1S/C36H64N4O5/c1-7-8-16-38-36(43)31(27(4)5)23-33(41)32(37)22-29(26(2)3)24-39-35(42)30-15-14-28(25-40-17-10-9-11-18-40)21-34(30)45-20-13-12-19-44-6/h14-15,21,26-27,29,31-33,41H,7-13,16-20,22-25,37H2,1-6H3,(H,38,43)(H,39,42)/t29-,31+,32+,33+/m1/s1. The average molecular weight is 633 g/mol. The summed E-state index contributed by atoms with van der Waals surface area (Å²) in [7, 11) is 1.70. The number of ether oxygens (including phenoxy) is 2. The van der Waals surface area contributed by atoms with Gasteiger partial charge in [-0.3, -0.25) is 14.5 Å². The SMILES string of the molecule is CCCCNC(=O)[C@@H](C[C@H](O)[C@@H](N)C[C@H](CNC(=O)c1ccc(CN2CCCCC2)cc1OCCCCOC)C(C)C)C(C)C. The minimum atomic E-state index is -0.808. The number of carbonyl (C=O) groups excluding carboxylic acids is 2. The molecule has 1 saturated heterocycles. The Morgan fingerprint density at radius 3 is 2.33 bits per heavy atom. The number of nitrogens with one attached hydrogen (secondary N) is 2. The number of benzene rings is 1. The van der Waals surface area contributed by atoms with Gasteiger partial charge in [0.15, 0.2) is 0 Å². The number of aliphatic hydroxyl groups is 1. The molecule has 0 unspecified atom stereocenters. The number of likely N-dealkylation sites (tertiary alicyclic amines) is 1. The van der Waals surface area contributed by atoms with E-state index >= 15 is 0 Å². The third-order valence-electron chi connectivity index (χ3n) is 9.15. The number of carbonyl (C=O) groups is 2. The second kappa shape index (κ2) is 21.6. The monoisotopic (exact) mass is 632 g/mol. The van der Waals surface area contributed by atoms with Gasteiger partial charge in [0.2, 0.25) is 5.91 Å². The highest BCUT2D eigenvalue weighted by molar-refractivity contribution is 5.97. The molecular weight excluding hydrogens is 568 g/mol. The smallest absolute Gasteiger partial charge is 0.255 e. The molecule has 0 spiro atoms. The molecule has 9 nitrogen and oxygen atoms in total. The maximum atomic E-state index is 13.5. The molecule has 258 valence electrons. The van der Waals surface area contributed by atoms with Crippen LogP contribution in [0.25, 0.3) is 0 Å². The number of piperidine rings is 1. The summed E-state index contributed by atoms with van der Waals surface area (Å²) in [5, 5.41) is 17.2. The molecule has 5 N–H and O–H groups in total. The number of unbranched alkanes of at least 4 members (excludes halogenated alkanes) is 2. The fourth-order valence-electron chi connectivity index (χ4n) is 5.93. The molecule has 45 heavy (non-hydrogen) atoms. The highest BCUT2D eigenvalue weighted by Crippen LogP contribution is 2.25. The molecule has 2 rings (SSSR count). The van der Waals surface area contributed by atoms with Crippen LogP contribution < -0.4 is 21.1 Å². The Hall–Kier alpha value is -2.20. The van der Waals surface area contributed by atoms with Crippen molar-refractivity contribution in [1.29, 1.82) is 0 Å². The van der Waals surface area contributed by atoms with E-state index in [1.807, 2.05) is 32.0 Å². The van der Waals surface area contributed by atoms with Crippen LogP contribution in [0.4, 0.5) is 0 Å². The zero-order valence-electron chi connectivity index (χ0n) is 29.1. The van der Waals surface area contributed by atoms with Gasteiger partial charge in [-0.15, -0.1) is 0 Å². The van der Waals surface area contributed by atoms with Crippen molar-refractivity contribution in [2.24, 2.45) is 29.4 Å². The Morgan fingerprint density at radius 2 is 1.69 bits per heavy atom. The van der Waals surface area contributed by atoms with E-state index in [-0.39, 0.29) is 35.5 Å². The molecular formula is C36H64N4O5. The topological polar surface area (TPSA) is 126 Å². The molecule has 0 bridgehead atoms. The molecule has 0 saturated carbocycles. The van der Waals surface area contributed by atoms with Crippen molar-refractivity contribution in [2.45, 2.75) is 111 Å². The van der Waals surface area contributed by atoms with E-state index in [2.05, 4.69) is 36.3 Å². The number of methoxy groups -OCH3 is 1. The van der Waals surface area contributed by atoms with E-state index in [1.54, 1.807) is 7.11 Å². The van der Waals surface area contributed by atoms with Crippen LogP contribution in [-0.4, -0.2) is 80.5 Å². The van der Waals surface area contributed by atoms with Gasteiger partial charge >= 0.3 is 0 Å². The van der Waals surface area contributed by atoms with Gasteiger partial charge in [0.1, 0.15) is 5.75 Å². The normalized spacial score (nSPS) is 16.8. The number of nitrogens with two attached hydrogens (primary N) is 1. The molecule has 0 aliphatic carbocycles. The second-order valence-corrected chi connectivity index (χ2v) is 13.6. The summed E-state index contributed by atoms with van der Waals surface area (Å²) in [6.07, 6.45) is 7.50. The minimum Gasteiger partial charge on any atom is -0.493 e. The summed E-state index contributed by atoms with van der Waals surface area (Å²) in [5.41, 5.74) is 8.21. The van der Waals surface area contributed by atoms with Crippen LogP contribution in [0.2, 0.25) is 0 Å². The lowest BCUT2D eigenvalue weighted by molar-refractivity contribution is -0.127. The molecule has 9 heteroatoms. The van der Waals surface area contributed by atoms with Crippen molar-refractivity contribution in [3.8, 4) is 5.75 Å². The largest absolute Gasteiger partial charge is 0.493 e. The van der Waals surface area contributed by atoms with Gasteiger partial charge in [-0.1, -0.05) is 53.5 Å². The molecule has 0 aromatic heterocycles. The van der Waals surface area contributed by atoms with Crippen LogP contribution >= 0.6 is 0 Å². The fraction of sp³-hybridized carbons (Fsp3) is 0.778. The quantitative estimate of drug-likeness (QED) is 0.131. The van der Waals surface area contributed by atoms with Crippen molar-refractivity contribution in [3.05, 3.63) is 29.3 Å². The fourth-order valence-corrected chi connectivity index (χ4v) is 5.93. The summed E-state index contributed by atoms with van der Waals surface area (Å²) in [4.78, 5) is 28.8. The van der Waals surface area contributed by atoms with Gasteiger partial charge < -0.3 is 30.9 Å². The third kappa shape index (κ3) is 14.4. The summed E-state index contributed by atoms with van der Waals surface area (Å²) in [5.74, 6) is 0.522. The van der Waals surface area contributed by atoms with E-state index < -0.39 is 12.1 Å². The number of aliphatic hydroxyl groups excluding tert-OH is 1. The first-order valence-corrected chi connectivity index (χ1v) is 17.5. The zero-order chi connectivity index (χ0) is 33.2. The van der Waals surface area contributed by atoms with Crippen LogP contribution in [0.3, 0.4) is 0 Å². The van der Waals surface area contributed by atoms with Crippen molar-refractivity contribution >= 4 is 11.8 Å². The maximum Gasteiger partial charge on any atom is 0.255 e. The van der Waals surface area contributed by atoms with Gasteiger partial charge in [-0.2, -0.15) is 0 Å².